The van der Waals surface area contributed by atoms with Gasteiger partial charge in [-0.3, -0.25) is 0 Å². The number of nitrogens with one attached hydrogen (secondary N) is 1. The van der Waals surface area contributed by atoms with Crippen molar-refractivity contribution in [1.82, 2.24) is 25.6 Å². The molecule has 0 saturated carbocycles. The Labute approximate surface area is 212 Å². The highest BCUT2D eigenvalue weighted by Crippen LogP contribution is 2.36. The molecule has 5 rings (SSSR count). The van der Waals surface area contributed by atoms with Crippen LogP contribution < -0.4 is 14.2 Å². The molecule has 10 heteroatoms. The van der Waals surface area contributed by atoms with Crippen LogP contribution in [-0.2, 0) is 12.0 Å². The Balaban J connectivity index is 1.35. The van der Waals surface area contributed by atoms with Gasteiger partial charge in [-0.05, 0) is 37.3 Å². The minimum Gasteiger partial charge on any atom is -0.493 e. The summed E-state index contributed by atoms with van der Waals surface area (Å²) in [6.45, 7) is 8.58. The van der Waals surface area contributed by atoms with Crippen molar-refractivity contribution in [2.45, 2.75) is 45.8 Å². The van der Waals surface area contributed by atoms with Crippen molar-refractivity contribution in [1.29, 1.82) is 0 Å². The van der Waals surface area contributed by atoms with Gasteiger partial charge in [0.25, 0.3) is 0 Å². The lowest BCUT2D eigenvalue weighted by Crippen LogP contribution is -2.11. The van der Waals surface area contributed by atoms with Crippen LogP contribution in [0.25, 0.3) is 21.7 Å². The summed E-state index contributed by atoms with van der Waals surface area (Å²) in [5, 5.41) is 17.9. The summed E-state index contributed by atoms with van der Waals surface area (Å²) in [6, 6.07) is 13.4. The van der Waals surface area contributed by atoms with E-state index in [1.165, 1.54) is 0 Å². The average Bonchev–Trinajstić information content (AvgIpc) is 3.62. The number of rotatable bonds is 8. The van der Waals surface area contributed by atoms with Crippen LogP contribution in [0.15, 0.2) is 52.3 Å². The largest absolute Gasteiger partial charge is 0.493 e. The van der Waals surface area contributed by atoms with Crippen molar-refractivity contribution >= 4 is 22.3 Å². The van der Waals surface area contributed by atoms with Gasteiger partial charge in [-0.15, -0.1) is 21.5 Å². The minimum absolute atomic E-state index is 0.00615. The van der Waals surface area contributed by atoms with Gasteiger partial charge < -0.3 is 18.6 Å². The predicted molar refractivity (Wildman–Crippen MR) is 137 cm³/mol. The molecule has 186 valence electrons. The third-order valence-electron chi connectivity index (χ3n) is 5.67. The highest BCUT2D eigenvalue weighted by atomic mass is 32.1. The first-order chi connectivity index (χ1) is 17.3. The zero-order valence-electron chi connectivity index (χ0n) is 20.7. The maximum atomic E-state index is 6.14. The highest BCUT2D eigenvalue weighted by Gasteiger charge is 2.20. The number of furan rings is 1. The fraction of sp³-hybridized carbons (Fsp3) is 0.308. The second-order valence-corrected chi connectivity index (χ2v) is 10.2. The number of H-pyrrole nitrogens is 1. The standard InChI is InChI=1S/C26H27N5O4S/c1-15(24-28-30-31-29-24)34-23-16(7-6-8-20(23)32-5)13-33-18-9-10-19-17(11-18)12-21(35-19)25-27-22(14-36-25)26(2,3)4/h6-12,14-15H,13H2,1-5H3,(H,28,29,30,31). The lowest BCUT2D eigenvalue weighted by atomic mass is 9.93. The number of para-hydroxylation sites is 1. The van der Waals surface area contributed by atoms with Crippen LogP contribution in [0.5, 0.6) is 17.2 Å². The van der Waals surface area contributed by atoms with E-state index < -0.39 is 6.10 Å². The Hall–Kier alpha value is -3.92. The second kappa shape index (κ2) is 9.62. The number of tetrazole rings is 1. The van der Waals surface area contributed by atoms with Gasteiger partial charge in [0, 0.05) is 21.7 Å². The smallest absolute Gasteiger partial charge is 0.214 e. The summed E-state index contributed by atoms with van der Waals surface area (Å²) in [4.78, 5) is 4.77. The maximum absolute atomic E-state index is 6.14. The van der Waals surface area contributed by atoms with E-state index in [-0.39, 0.29) is 12.0 Å². The summed E-state index contributed by atoms with van der Waals surface area (Å²) in [5.41, 5.74) is 2.66. The summed E-state index contributed by atoms with van der Waals surface area (Å²) in [6.07, 6.45) is -0.427. The molecule has 2 aromatic carbocycles. The van der Waals surface area contributed by atoms with Gasteiger partial charge in [0.1, 0.15) is 17.9 Å². The first-order valence-electron chi connectivity index (χ1n) is 11.5. The molecular weight excluding hydrogens is 478 g/mol. The van der Waals surface area contributed by atoms with Crippen LogP contribution in [0.4, 0.5) is 0 Å². The molecule has 0 bridgehead atoms. The predicted octanol–water partition coefficient (Wildman–Crippen LogP) is 6.09. The van der Waals surface area contributed by atoms with E-state index in [2.05, 4.69) is 46.8 Å². The van der Waals surface area contributed by atoms with Crippen molar-refractivity contribution in [3.05, 3.63) is 64.9 Å². The molecule has 5 aromatic rings. The number of hydrogen-bond acceptors (Lipinski definition) is 9. The van der Waals surface area contributed by atoms with Crippen LogP contribution in [-0.4, -0.2) is 32.7 Å². The lowest BCUT2D eigenvalue weighted by molar-refractivity contribution is 0.198. The Bertz CT molecular complexity index is 1470. The van der Waals surface area contributed by atoms with Crippen molar-refractivity contribution in [2.75, 3.05) is 7.11 Å². The minimum atomic E-state index is -0.427. The van der Waals surface area contributed by atoms with Gasteiger partial charge in [-0.1, -0.05) is 38.1 Å². The Morgan fingerprint density at radius 3 is 2.72 bits per heavy atom. The van der Waals surface area contributed by atoms with E-state index in [0.717, 1.165) is 33.0 Å². The summed E-state index contributed by atoms with van der Waals surface area (Å²) >= 11 is 1.59. The molecule has 0 aliphatic carbocycles. The van der Waals surface area contributed by atoms with Gasteiger partial charge in [0.05, 0.1) is 12.8 Å². The van der Waals surface area contributed by atoms with E-state index in [9.17, 15) is 0 Å². The first kappa shape index (κ1) is 23.8. The number of fused-ring (bicyclic) bond motifs is 1. The molecule has 3 aromatic heterocycles. The van der Waals surface area contributed by atoms with E-state index in [0.29, 0.717) is 23.1 Å². The molecule has 0 spiro atoms. The molecular formula is C26H27N5O4S. The molecule has 3 heterocycles. The fourth-order valence-corrected chi connectivity index (χ4v) is 4.65. The van der Waals surface area contributed by atoms with Crippen LogP contribution in [0.2, 0.25) is 0 Å². The molecule has 36 heavy (non-hydrogen) atoms. The number of nitrogens with zero attached hydrogens (tertiary/aromatic N) is 4. The summed E-state index contributed by atoms with van der Waals surface area (Å²) in [7, 11) is 1.60. The number of methoxy groups -OCH3 is 1. The third kappa shape index (κ3) is 4.90. The first-order valence-corrected chi connectivity index (χ1v) is 12.4. The van der Waals surface area contributed by atoms with Crippen LogP contribution in [0, 0.1) is 0 Å². The molecule has 0 fully saturated rings. The van der Waals surface area contributed by atoms with Crippen molar-refractivity contribution in [3.8, 4) is 28.0 Å². The Kier molecular flexibility index (Phi) is 6.36. The summed E-state index contributed by atoms with van der Waals surface area (Å²) < 4.78 is 23.9. The zero-order chi connectivity index (χ0) is 25.3. The molecule has 0 radical (unpaired) electrons. The number of aromatic nitrogens is 5. The molecule has 0 saturated heterocycles. The van der Waals surface area contributed by atoms with Crippen LogP contribution >= 0.6 is 11.3 Å². The monoisotopic (exact) mass is 505 g/mol. The number of ether oxygens (including phenoxy) is 3. The maximum Gasteiger partial charge on any atom is 0.214 e. The van der Waals surface area contributed by atoms with E-state index in [4.69, 9.17) is 23.6 Å². The van der Waals surface area contributed by atoms with Gasteiger partial charge in [0.2, 0.25) is 5.82 Å². The van der Waals surface area contributed by atoms with Gasteiger partial charge in [-0.25, -0.2) is 4.98 Å². The molecule has 1 N–H and O–H groups in total. The van der Waals surface area contributed by atoms with E-state index in [1.54, 1.807) is 18.4 Å². The molecule has 0 aliphatic heterocycles. The van der Waals surface area contributed by atoms with Gasteiger partial charge in [-0.2, -0.15) is 5.21 Å². The SMILES string of the molecule is COc1cccc(COc2ccc3oc(-c4nc(C(C)(C)C)cs4)cc3c2)c1OC(C)c1nn[nH]n1. The number of benzene rings is 2. The fourth-order valence-electron chi connectivity index (χ4n) is 3.65. The van der Waals surface area contributed by atoms with E-state index >= 15 is 0 Å². The number of thiazole rings is 1. The van der Waals surface area contributed by atoms with Crippen LogP contribution in [0.3, 0.4) is 0 Å². The molecule has 1 unspecified atom stereocenters. The number of aromatic amines is 1. The quantitative estimate of drug-likeness (QED) is 0.270. The molecule has 9 nitrogen and oxygen atoms in total. The molecule has 1 atom stereocenters. The highest BCUT2D eigenvalue weighted by molar-refractivity contribution is 7.13. The third-order valence-corrected chi connectivity index (χ3v) is 6.52. The molecule has 0 aliphatic rings. The van der Waals surface area contributed by atoms with E-state index in [1.807, 2.05) is 49.4 Å². The second-order valence-electron chi connectivity index (χ2n) is 9.37. The zero-order valence-corrected chi connectivity index (χ0v) is 21.5. The topological polar surface area (TPSA) is 108 Å². The van der Waals surface area contributed by atoms with Gasteiger partial charge in [0.15, 0.2) is 28.4 Å². The molecule has 0 amide bonds. The normalized spacial score (nSPS) is 12.6. The van der Waals surface area contributed by atoms with Crippen molar-refractivity contribution in [3.63, 3.8) is 0 Å². The van der Waals surface area contributed by atoms with Gasteiger partial charge >= 0.3 is 0 Å². The Morgan fingerprint density at radius 1 is 1.14 bits per heavy atom. The number of hydrogen-bond donors (Lipinski definition) is 1. The average molecular weight is 506 g/mol. The summed E-state index contributed by atoms with van der Waals surface area (Å²) in [5.74, 6) is 3.08. The van der Waals surface area contributed by atoms with Crippen molar-refractivity contribution < 1.29 is 18.6 Å². The van der Waals surface area contributed by atoms with Crippen molar-refractivity contribution in [2.24, 2.45) is 0 Å². The van der Waals surface area contributed by atoms with Crippen LogP contribution in [0.1, 0.15) is 50.9 Å². The lowest BCUT2D eigenvalue weighted by Gasteiger charge is -2.18. The Morgan fingerprint density at radius 2 is 2.00 bits per heavy atom.